The van der Waals surface area contributed by atoms with Crippen molar-refractivity contribution in [2.24, 2.45) is 0 Å². The highest BCUT2D eigenvalue weighted by Crippen LogP contribution is 2.37. The fourth-order valence-electron chi connectivity index (χ4n) is 4.13. The van der Waals surface area contributed by atoms with Gasteiger partial charge in [0.05, 0.1) is 12.6 Å². The van der Waals surface area contributed by atoms with Gasteiger partial charge in [0.2, 0.25) is 11.8 Å². The summed E-state index contributed by atoms with van der Waals surface area (Å²) < 4.78 is 6.16. The highest BCUT2D eigenvalue weighted by Gasteiger charge is 2.43. The molecule has 8 heteroatoms. The van der Waals surface area contributed by atoms with E-state index in [0.717, 1.165) is 5.56 Å². The number of aromatic nitrogens is 2. The van der Waals surface area contributed by atoms with E-state index in [1.807, 2.05) is 36.7 Å². The molecule has 1 N–H and O–H groups in total. The molecule has 0 aliphatic carbocycles. The summed E-state index contributed by atoms with van der Waals surface area (Å²) >= 11 is 0. The van der Waals surface area contributed by atoms with Crippen molar-refractivity contribution in [2.75, 3.05) is 19.6 Å². The minimum Gasteiger partial charge on any atom is -0.469 e. The normalized spacial score (nSPS) is 22.9. The summed E-state index contributed by atoms with van der Waals surface area (Å²) in [6.45, 7) is 2.85. The van der Waals surface area contributed by atoms with Gasteiger partial charge in [-0.3, -0.25) is 14.6 Å². The Labute approximate surface area is 175 Å². The second-order valence-corrected chi connectivity index (χ2v) is 7.90. The number of benzene rings is 1. The second kappa shape index (κ2) is 8.39. The van der Waals surface area contributed by atoms with E-state index in [9.17, 15) is 14.7 Å². The monoisotopic (exact) mass is 409 g/mol. The second-order valence-electron chi connectivity index (χ2n) is 7.90. The van der Waals surface area contributed by atoms with Gasteiger partial charge in [0.25, 0.3) is 0 Å². The third-order valence-corrected chi connectivity index (χ3v) is 6.02. The predicted octanol–water partition coefficient (Wildman–Crippen LogP) is 1.05. The molecule has 2 aromatic rings. The number of piperidine rings is 1. The molecule has 30 heavy (non-hydrogen) atoms. The first kappa shape index (κ1) is 20.3. The van der Waals surface area contributed by atoms with Crippen LogP contribution in [0.5, 0.6) is 5.88 Å². The SMILES string of the molecule is CC(=O)N1CCC(O)(c2nccnc2OC2CN([C]=O)C2Cc2ccccc2)CC1. The van der Waals surface area contributed by atoms with Crippen LogP contribution >= 0.6 is 0 Å². The highest BCUT2D eigenvalue weighted by molar-refractivity contribution is 5.73. The number of likely N-dealkylation sites (tertiary alicyclic amines) is 2. The Bertz CT molecular complexity index is 899. The molecule has 3 heterocycles. The van der Waals surface area contributed by atoms with Gasteiger partial charge in [0, 0.05) is 32.4 Å². The topological polar surface area (TPSA) is 95.9 Å². The zero-order chi connectivity index (χ0) is 21.1. The first-order valence-corrected chi connectivity index (χ1v) is 10.1. The summed E-state index contributed by atoms with van der Waals surface area (Å²) in [6, 6.07) is 9.74. The third-order valence-electron chi connectivity index (χ3n) is 6.02. The van der Waals surface area contributed by atoms with Gasteiger partial charge in [-0.15, -0.1) is 0 Å². The molecule has 1 aromatic carbocycles. The summed E-state index contributed by atoms with van der Waals surface area (Å²) in [5.41, 5.74) is 0.288. The molecule has 1 radical (unpaired) electrons. The maximum Gasteiger partial charge on any atom is 0.312 e. The van der Waals surface area contributed by atoms with Gasteiger partial charge in [-0.2, -0.15) is 0 Å². The molecule has 2 unspecified atom stereocenters. The quantitative estimate of drug-likeness (QED) is 0.766. The predicted molar refractivity (Wildman–Crippen MR) is 108 cm³/mol. The van der Waals surface area contributed by atoms with Crippen LogP contribution in [-0.2, 0) is 21.6 Å². The summed E-state index contributed by atoms with van der Waals surface area (Å²) in [6.07, 6.45) is 6.15. The Morgan fingerprint density at radius 2 is 1.93 bits per heavy atom. The van der Waals surface area contributed by atoms with Crippen LogP contribution < -0.4 is 4.74 Å². The van der Waals surface area contributed by atoms with Crippen molar-refractivity contribution in [3.8, 4) is 5.88 Å². The molecule has 4 rings (SSSR count). The maximum absolute atomic E-state index is 11.6. The van der Waals surface area contributed by atoms with Crippen LogP contribution in [0.25, 0.3) is 0 Å². The molecule has 2 saturated heterocycles. The molecule has 2 aliphatic rings. The number of aliphatic hydroxyl groups is 1. The van der Waals surface area contributed by atoms with Crippen molar-refractivity contribution in [1.82, 2.24) is 19.8 Å². The summed E-state index contributed by atoms with van der Waals surface area (Å²) in [5.74, 6) is 0.279. The van der Waals surface area contributed by atoms with Crippen molar-refractivity contribution in [1.29, 1.82) is 0 Å². The van der Waals surface area contributed by atoms with Gasteiger partial charge in [-0.25, -0.2) is 4.98 Å². The number of ether oxygens (including phenoxy) is 1. The lowest BCUT2D eigenvalue weighted by Gasteiger charge is -2.45. The van der Waals surface area contributed by atoms with Crippen LogP contribution in [0.3, 0.4) is 0 Å². The van der Waals surface area contributed by atoms with E-state index < -0.39 is 5.60 Å². The lowest BCUT2D eigenvalue weighted by molar-refractivity contribution is -0.133. The van der Waals surface area contributed by atoms with Gasteiger partial charge in [-0.05, 0) is 24.8 Å². The van der Waals surface area contributed by atoms with Crippen LogP contribution in [0.4, 0.5) is 0 Å². The number of carbonyl (C=O) groups excluding carboxylic acids is 2. The summed E-state index contributed by atoms with van der Waals surface area (Å²) in [5, 5.41) is 11.2. The molecule has 2 fully saturated rings. The Morgan fingerprint density at radius 3 is 2.60 bits per heavy atom. The van der Waals surface area contributed by atoms with Gasteiger partial charge in [-0.1, -0.05) is 30.3 Å². The molecule has 157 valence electrons. The fourth-order valence-corrected chi connectivity index (χ4v) is 4.13. The Hall–Kier alpha value is -3.00. The Morgan fingerprint density at radius 1 is 1.23 bits per heavy atom. The van der Waals surface area contributed by atoms with Gasteiger partial charge in [0.1, 0.15) is 17.4 Å². The number of carbonyl (C=O) groups is 1. The number of nitrogens with zero attached hydrogens (tertiary/aromatic N) is 4. The average molecular weight is 409 g/mol. The van der Waals surface area contributed by atoms with Gasteiger partial charge >= 0.3 is 6.41 Å². The Kier molecular flexibility index (Phi) is 5.67. The minimum absolute atomic E-state index is 0.00362. The average Bonchev–Trinajstić information content (AvgIpc) is 2.76. The molecule has 2 amide bonds. The summed E-state index contributed by atoms with van der Waals surface area (Å²) in [4.78, 5) is 34.9. The van der Waals surface area contributed by atoms with E-state index in [2.05, 4.69) is 9.97 Å². The standard InChI is InChI=1S/C22H25N4O4/c1-16(28)25-11-7-22(29,8-12-25)20-21(24-10-9-23-20)30-19-14-26(15-27)18(19)13-17-5-3-2-4-6-17/h2-6,9-10,18-19,29H,7-8,11-14H2,1H3. The molecular weight excluding hydrogens is 384 g/mol. The number of amides is 2. The van der Waals surface area contributed by atoms with E-state index in [1.165, 1.54) is 19.3 Å². The van der Waals surface area contributed by atoms with E-state index in [-0.39, 0.29) is 23.9 Å². The van der Waals surface area contributed by atoms with Crippen molar-refractivity contribution < 1.29 is 19.4 Å². The Balaban J connectivity index is 1.50. The first-order valence-electron chi connectivity index (χ1n) is 10.1. The van der Waals surface area contributed by atoms with E-state index in [0.29, 0.717) is 44.6 Å². The molecule has 0 saturated carbocycles. The van der Waals surface area contributed by atoms with Crippen molar-refractivity contribution in [3.63, 3.8) is 0 Å². The maximum atomic E-state index is 11.6. The fraction of sp³-hybridized carbons (Fsp3) is 0.455. The summed E-state index contributed by atoms with van der Waals surface area (Å²) in [7, 11) is 0. The largest absolute Gasteiger partial charge is 0.469 e. The van der Waals surface area contributed by atoms with Crippen LogP contribution in [0.1, 0.15) is 31.0 Å². The molecule has 1 aromatic heterocycles. The van der Waals surface area contributed by atoms with Crippen LogP contribution in [-0.4, -0.2) is 69.0 Å². The van der Waals surface area contributed by atoms with Gasteiger partial charge in [0.15, 0.2) is 0 Å². The lowest BCUT2D eigenvalue weighted by Crippen LogP contribution is -2.62. The number of hydrogen-bond acceptors (Lipinski definition) is 6. The minimum atomic E-state index is -1.20. The van der Waals surface area contributed by atoms with Gasteiger partial charge < -0.3 is 19.6 Å². The van der Waals surface area contributed by atoms with Crippen LogP contribution in [0.2, 0.25) is 0 Å². The van der Waals surface area contributed by atoms with Crippen LogP contribution in [0.15, 0.2) is 42.7 Å². The zero-order valence-corrected chi connectivity index (χ0v) is 16.9. The van der Waals surface area contributed by atoms with E-state index in [1.54, 1.807) is 9.80 Å². The molecule has 2 atom stereocenters. The van der Waals surface area contributed by atoms with E-state index >= 15 is 0 Å². The van der Waals surface area contributed by atoms with E-state index in [4.69, 9.17) is 4.74 Å². The van der Waals surface area contributed by atoms with Crippen molar-refractivity contribution in [2.45, 2.75) is 43.9 Å². The first-order chi connectivity index (χ1) is 14.5. The molecule has 0 bridgehead atoms. The van der Waals surface area contributed by atoms with Crippen LogP contribution in [0, 0.1) is 0 Å². The molecule has 8 nitrogen and oxygen atoms in total. The lowest BCUT2D eigenvalue weighted by atomic mass is 9.87. The molecular formula is C22H25N4O4. The number of rotatable bonds is 6. The zero-order valence-electron chi connectivity index (χ0n) is 16.9. The molecule has 0 spiro atoms. The number of hydrogen-bond donors (Lipinski definition) is 1. The van der Waals surface area contributed by atoms with Crippen molar-refractivity contribution >= 4 is 12.3 Å². The smallest absolute Gasteiger partial charge is 0.312 e. The van der Waals surface area contributed by atoms with Crippen molar-refractivity contribution in [3.05, 3.63) is 54.0 Å². The third kappa shape index (κ3) is 4.00. The highest BCUT2D eigenvalue weighted by atomic mass is 16.5. The molecule has 2 aliphatic heterocycles.